The van der Waals surface area contributed by atoms with Gasteiger partial charge in [0.2, 0.25) is 0 Å². The summed E-state index contributed by atoms with van der Waals surface area (Å²) in [5.74, 6) is 0.870. The maximum absolute atomic E-state index is 5.64. The number of benzene rings is 2. The molecule has 1 N–H and O–H groups in total. The number of hydrogen-bond acceptors (Lipinski definition) is 3. The standard InChI is InChI=1S/C20H22N2O/c1-5-23-16-9-10-19-17(12-16)20(11-14(3)21-19)22-18-8-6-7-13(2)15(18)4/h6-12H,5H2,1-4H3,(H,21,22). The fourth-order valence-corrected chi connectivity index (χ4v) is 2.73. The number of ether oxygens (including phenoxy) is 1. The summed E-state index contributed by atoms with van der Waals surface area (Å²) < 4.78 is 5.64. The SMILES string of the molecule is CCOc1ccc2nc(C)cc(Nc3cccc(C)c3C)c2c1. The number of aryl methyl sites for hydroxylation is 2. The van der Waals surface area contributed by atoms with Crippen molar-refractivity contribution in [3.8, 4) is 5.75 Å². The van der Waals surface area contributed by atoms with Gasteiger partial charge in [0.15, 0.2) is 0 Å². The van der Waals surface area contributed by atoms with Crippen molar-refractivity contribution in [2.45, 2.75) is 27.7 Å². The largest absolute Gasteiger partial charge is 0.494 e. The molecule has 3 rings (SSSR count). The molecular weight excluding hydrogens is 284 g/mol. The fourth-order valence-electron chi connectivity index (χ4n) is 2.73. The molecule has 3 aromatic rings. The van der Waals surface area contributed by atoms with E-state index in [1.807, 2.05) is 26.0 Å². The van der Waals surface area contributed by atoms with Gasteiger partial charge in [0.25, 0.3) is 0 Å². The molecule has 118 valence electrons. The van der Waals surface area contributed by atoms with Gasteiger partial charge in [-0.2, -0.15) is 0 Å². The lowest BCUT2D eigenvalue weighted by Crippen LogP contribution is -1.98. The van der Waals surface area contributed by atoms with Crippen LogP contribution in [0.25, 0.3) is 10.9 Å². The van der Waals surface area contributed by atoms with Crippen LogP contribution in [0.2, 0.25) is 0 Å². The van der Waals surface area contributed by atoms with Gasteiger partial charge in [-0.05, 0) is 69.2 Å². The zero-order valence-electron chi connectivity index (χ0n) is 14.1. The molecule has 0 amide bonds. The Morgan fingerprint density at radius 3 is 2.61 bits per heavy atom. The third kappa shape index (κ3) is 3.14. The Morgan fingerprint density at radius 2 is 1.83 bits per heavy atom. The third-order valence-corrected chi connectivity index (χ3v) is 4.09. The van der Waals surface area contributed by atoms with E-state index in [0.29, 0.717) is 6.61 Å². The van der Waals surface area contributed by atoms with Gasteiger partial charge < -0.3 is 10.1 Å². The van der Waals surface area contributed by atoms with Crippen molar-refractivity contribution in [1.82, 2.24) is 4.98 Å². The average molecular weight is 306 g/mol. The van der Waals surface area contributed by atoms with Gasteiger partial charge in [-0.3, -0.25) is 4.98 Å². The summed E-state index contributed by atoms with van der Waals surface area (Å²) in [6.07, 6.45) is 0. The third-order valence-electron chi connectivity index (χ3n) is 4.09. The van der Waals surface area contributed by atoms with Crippen molar-refractivity contribution in [3.05, 3.63) is 59.3 Å². The number of rotatable bonds is 4. The van der Waals surface area contributed by atoms with Crippen LogP contribution < -0.4 is 10.1 Å². The smallest absolute Gasteiger partial charge is 0.120 e. The molecule has 0 spiro atoms. The minimum atomic E-state index is 0.657. The second-order valence-electron chi connectivity index (χ2n) is 5.80. The number of nitrogens with one attached hydrogen (secondary N) is 1. The molecule has 1 heterocycles. The number of hydrogen-bond donors (Lipinski definition) is 1. The summed E-state index contributed by atoms with van der Waals surface area (Å²) >= 11 is 0. The van der Waals surface area contributed by atoms with E-state index in [0.717, 1.165) is 33.7 Å². The number of fused-ring (bicyclic) bond motifs is 1. The summed E-state index contributed by atoms with van der Waals surface area (Å²) in [6, 6.07) is 14.4. The van der Waals surface area contributed by atoms with E-state index in [-0.39, 0.29) is 0 Å². The van der Waals surface area contributed by atoms with E-state index >= 15 is 0 Å². The first-order valence-electron chi connectivity index (χ1n) is 7.96. The topological polar surface area (TPSA) is 34.1 Å². The maximum atomic E-state index is 5.64. The molecule has 0 saturated carbocycles. The predicted molar refractivity (Wildman–Crippen MR) is 96.8 cm³/mol. The molecule has 0 saturated heterocycles. The van der Waals surface area contributed by atoms with Crippen molar-refractivity contribution in [2.75, 3.05) is 11.9 Å². The monoisotopic (exact) mass is 306 g/mol. The molecule has 0 radical (unpaired) electrons. The summed E-state index contributed by atoms with van der Waals surface area (Å²) in [6.45, 7) is 8.94. The highest BCUT2D eigenvalue weighted by Gasteiger charge is 2.08. The lowest BCUT2D eigenvalue weighted by Gasteiger charge is -2.15. The minimum absolute atomic E-state index is 0.657. The summed E-state index contributed by atoms with van der Waals surface area (Å²) in [7, 11) is 0. The summed E-state index contributed by atoms with van der Waals surface area (Å²) in [5, 5.41) is 4.64. The first-order chi connectivity index (χ1) is 11.1. The highest BCUT2D eigenvalue weighted by Crippen LogP contribution is 2.31. The van der Waals surface area contributed by atoms with Crippen molar-refractivity contribution in [3.63, 3.8) is 0 Å². The highest BCUT2D eigenvalue weighted by molar-refractivity contribution is 5.94. The van der Waals surface area contributed by atoms with Crippen LogP contribution >= 0.6 is 0 Å². The van der Waals surface area contributed by atoms with E-state index in [1.165, 1.54) is 11.1 Å². The van der Waals surface area contributed by atoms with E-state index in [1.54, 1.807) is 0 Å². The van der Waals surface area contributed by atoms with E-state index in [9.17, 15) is 0 Å². The zero-order valence-corrected chi connectivity index (χ0v) is 14.1. The lowest BCUT2D eigenvalue weighted by atomic mass is 10.1. The molecular formula is C20H22N2O. The Kier molecular flexibility index (Phi) is 4.20. The Balaban J connectivity index is 2.11. The van der Waals surface area contributed by atoms with Crippen LogP contribution in [0, 0.1) is 20.8 Å². The Morgan fingerprint density at radius 1 is 1.00 bits per heavy atom. The predicted octanol–water partition coefficient (Wildman–Crippen LogP) is 5.30. The quantitative estimate of drug-likeness (QED) is 0.710. The van der Waals surface area contributed by atoms with Gasteiger partial charge >= 0.3 is 0 Å². The molecule has 0 aliphatic carbocycles. The van der Waals surface area contributed by atoms with Crippen LogP contribution in [0.3, 0.4) is 0 Å². The van der Waals surface area contributed by atoms with Crippen LogP contribution in [0.15, 0.2) is 42.5 Å². The second kappa shape index (κ2) is 6.29. The molecule has 0 atom stereocenters. The van der Waals surface area contributed by atoms with Crippen LogP contribution in [-0.4, -0.2) is 11.6 Å². The van der Waals surface area contributed by atoms with Crippen LogP contribution in [0.5, 0.6) is 5.75 Å². The van der Waals surface area contributed by atoms with Gasteiger partial charge in [0.05, 0.1) is 12.1 Å². The number of aromatic nitrogens is 1. The molecule has 0 unspecified atom stereocenters. The molecule has 0 fully saturated rings. The van der Waals surface area contributed by atoms with Crippen LogP contribution in [0.4, 0.5) is 11.4 Å². The van der Waals surface area contributed by atoms with Crippen molar-refractivity contribution >= 4 is 22.3 Å². The van der Waals surface area contributed by atoms with Crippen molar-refractivity contribution < 1.29 is 4.74 Å². The summed E-state index contributed by atoms with van der Waals surface area (Å²) in [4.78, 5) is 4.62. The number of anilines is 2. The van der Waals surface area contributed by atoms with Gasteiger partial charge in [-0.1, -0.05) is 12.1 Å². The van der Waals surface area contributed by atoms with E-state index in [2.05, 4.69) is 54.5 Å². The molecule has 0 aliphatic heterocycles. The highest BCUT2D eigenvalue weighted by atomic mass is 16.5. The minimum Gasteiger partial charge on any atom is -0.494 e. The Bertz CT molecular complexity index is 856. The van der Waals surface area contributed by atoms with E-state index in [4.69, 9.17) is 4.74 Å². The van der Waals surface area contributed by atoms with Gasteiger partial charge in [-0.25, -0.2) is 0 Å². The first kappa shape index (κ1) is 15.3. The van der Waals surface area contributed by atoms with Crippen LogP contribution in [-0.2, 0) is 0 Å². The lowest BCUT2D eigenvalue weighted by molar-refractivity contribution is 0.340. The maximum Gasteiger partial charge on any atom is 0.120 e. The van der Waals surface area contributed by atoms with Crippen LogP contribution in [0.1, 0.15) is 23.7 Å². The summed E-state index contributed by atoms with van der Waals surface area (Å²) in [5.41, 5.74) is 6.69. The Hall–Kier alpha value is -2.55. The molecule has 3 nitrogen and oxygen atoms in total. The molecule has 0 aliphatic rings. The first-order valence-corrected chi connectivity index (χ1v) is 7.96. The molecule has 0 bridgehead atoms. The van der Waals surface area contributed by atoms with Gasteiger partial charge in [0, 0.05) is 22.5 Å². The Labute approximate surface area is 137 Å². The normalized spacial score (nSPS) is 10.8. The number of nitrogens with zero attached hydrogens (tertiary/aromatic N) is 1. The number of pyridine rings is 1. The average Bonchev–Trinajstić information content (AvgIpc) is 2.52. The fraction of sp³-hybridized carbons (Fsp3) is 0.250. The molecule has 3 heteroatoms. The van der Waals surface area contributed by atoms with Gasteiger partial charge in [-0.15, -0.1) is 0 Å². The zero-order chi connectivity index (χ0) is 16.4. The van der Waals surface area contributed by atoms with Crippen molar-refractivity contribution in [1.29, 1.82) is 0 Å². The van der Waals surface area contributed by atoms with E-state index < -0.39 is 0 Å². The second-order valence-corrected chi connectivity index (χ2v) is 5.80. The molecule has 23 heavy (non-hydrogen) atoms. The van der Waals surface area contributed by atoms with Gasteiger partial charge in [0.1, 0.15) is 5.75 Å². The van der Waals surface area contributed by atoms with Crippen molar-refractivity contribution in [2.24, 2.45) is 0 Å². The molecule has 2 aromatic carbocycles. The molecule has 1 aromatic heterocycles.